The summed E-state index contributed by atoms with van der Waals surface area (Å²) in [5.41, 5.74) is 4.02. The Morgan fingerprint density at radius 2 is 2.00 bits per heavy atom. The number of nitrogens with zero attached hydrogens (tertiary/aromatic N) is 1. The smallest absolute Gasteiger partial charge is 0.152 e. The van der Waals surface area contributed by atoms with Crippen LogP contribution in [0.15, 0.2) is 29.3 Å². The largest absolute Gasteiger partial charge is 0.497 e. The molecule has 0 bridgehead atoms. The molecular formula is C14H18N2O2. The number of nitrogens with one attached hydrogen (secondary N) is 1. The van der Waals surface area contributed by atoms with Crippen molar-refractivity contribution >= 4 is 5.84 Å². The molecule has 0 unspecified atom stereocenters. The number of fused-ring (bicyclic) bond motifs is 1. The maximum absolute atomic E-state index is 5.69. The van der Waals surface area contributed by atoms with E-state index in [-0.39, 0.29) is 6.10 Å². The van der Waals surface area contributed by atoms with Crippen LogP contribution in [0, 0.1) is 0 Å². The molecule has 1 heterocycles. The molecule has 0 radical (unpaired) electrons. The molecule has 2 aliphatic rings. The van der Waals surface area contributed by atoms with Crippen LogP contribution in [0.2, 0.25) is 0 Å². The van der Waals surface area contributed by atoms with Gasteiger partial charge in [0.15, 0.2) is 5.84 Å². The van der Waals surface area contributed by atoms with Gasteiger partial charge in [-0.1, -0.05) is 12.8 Å². The summed E-state index contributed by atoms with van der Waals surface area (Å²) in [6.07, 6.45) is 4.99. The zero-order valence-electron chi connectivity index (χ0n) is 10.6. The quantitative estimate of drug-likeness (QED) is 0.870. The minimum absolute atomic E-state index is 0.251. The van der Waals surface area contributed by atoms with Crippen LogP contribution in [0.25, 0.3) is 0 Å². The first-order valence-corrected chi connectivity index (χ1v) is 6.51. The summed E-state index contributed by atoms with van der Waals surface area (Å²) in [5.74, 6) is 1.69. The van der Waals surface area contributed by atoms with Crippen molar-refractivity contribution in [2.45, 2.75) is 37.8 Å². The predicted octanol–water partition coefficient (Wildman–Crippen LogP) is 2.29. The van der Waals surface area contributed by atoms with Gasteiger partial charge in [-0.25, -0.2) is 5.48 Å². The van der Waals surface area contributed by atoms with Gasteiger partial charge in [-0.05, 0) is 37.1 Å². The van der Waals surface area contributed by atoms with E-state index in [1.807, 2.05) is 24.3 Å². The molecule has 1 N–H and O–H groups in total. The number of aliphatic imine (C=N–C) groups is 1. The van der Waals surface area contributed by atoms with Gasteiger partial charge < -0.3 is 4.74 Å². The van der Waals surface area contributed by atoms with E-state index in [0.717, 1.165) is 30.0 Å². The topological polar surface area (TPSA) is 42.9 Å². The number of hydroxylamine groups is 1. The first kappa shape index (κ1) is 11.5. The van der Waals surface area contributed by atoms with Crippen LogP contribution in [-0.2, 0) is 4.84 Å². The van der Waals surface area contributed by atoms with Crippen LogP contribution in [0.4, 0.5) is 0 Å². The van der Waals surface area contributed by atoms with Crippen molar-refractivity contribution in [3.8, 4) is 5.75 Å². The fourth-order valence-electron chi connectivity index (χ4n) is 2.57. The molecule has 0 aromatic heterocycles. The number of methoxy groups -OCH3 is 1. The van der Waals surface area contributed by atoms with Gasteiger partial charge in [0.1, 0.15) is 11.9 Å². The number of benzene rings is 1. The van der Waals surface area contributed by atoms with E-state index in [2.05, 4.69) is 5.48 Å². The molecule has 1 aliphatic carbocycles. The van der Waals surface area contributed by atoms with Crippen molar-refractivity contribution in [3.05, 3.63) is 29.8 Å². The third kappa shape index (κ3) is 2.20. The first-order valence-electron chi connectivity index (χ1n) is 6.51. The highest BCUT2D eigenvalue weighted by Gasteiger charge is 2.30. The highest BCUT2D eigenvalue weighted by Crippen LogP contribution is 2.26. The summed E-state index contributed by atoms with van der Waals surface area (Å²) < 4.78 is 5.15. The Kier molecular flexibility index (Phi) is 3.19. The third-order valence-electron chi connectivity index (χ3n) is 3.63. The molecule has 0 spiro atoms. The molecule has 96 valence electrons. The summed E-state index contributed by atoms with van der Waals surface area (Å²) in [5, 5.41) is 0. The number of ether oxygens (including phenoxy) is 1. The highest BCUT2D eigenvalue weighted by atomic mass is 16.7. The molecule has 1 aliphatic heterocycles. The molecule has 4 nitrogen and oxygen atoms in total. The summed E-state index contributed by atoms with van der Waals surface area (Å²) in [4.78, 5) is 10.5. The number of amidine groups is 1. The van der Waals surface area contributed by atoms with Crippen LogP contribution in [0.1, 0.15) is 31.2 Å². The maximum Gasteiger partial charge on any atom is 0.152 e. The van der Waals surface area contributed by atoms with Crippen LogP contribution in [0.3, 0.4) is 0 Å². The molecule has 1 fully saturated rings. The Bertz CT molecular complexity index is 442. The van der Waals surface area contributed by atoms with Crippen LogP contribution < -0.4 is 10.2 Å². The lowest BCUT2D eigenvalue weighted by molar-refractivity contribution is -0.0323. The molecule has 0 amide bonds. The summed E-state index contributed by atoms with van der Waals surface area (Å²) in [6, 6.07) is 8.19. The molecule has 1 saturated carbocycles. The molecule has 18 heavy (non-hydrogen) atoms. The molecular weight excluding hydrogens is 228 g/mol. The van der Waals surface area contributed by atoms with Gasteiger partial charge in [0.05, 0.1) is 13.2 Å². The lowest BCUT2D eigenvalue weighted by Crippen LogP contribution is -2.44. The molecule has 1 aromatic rings. The second-order valence-corrected chi connectivity index (χ2v) is 4.82. The van der Waals surface area contributed by atoms with E-state index in [1.54, 1.807) is 7.11 Å². The predicted molar refractivity (Wildman–Crippen MR) is 69.8 cm³/mol. The van der Waals surface area contributed by atoms with E-state index in [4.69, 9.17) is 14.6 Å². The lowest BCUT2D eigenvalue weighted by Gasteiger charge is -2.33. The van der Waals surface area contributed by atoms with Gasteiger partial charge in [-0.15, -0.1) is 0 Å². The van der Waals surface area contributed by atoms with Crippen molar-refractivity contribution < 1.29 is 9.57 Å². The van der Waals surface area contributed by atoms with E-state index >= 15 is 0 Å². The van der Waals surface area contributed by atoms with Crippen molar-refractivity contribution in [2.75, 3.05) is 7.11 Å². The van der Waals surface area contributed by atoms with Gasteiger partial charge in [-0.2, -0.15) is 0 Å². The van der Waals surface area contributed by atoms with Crippen molar-refractivity contribution in [2.24, 2.45) is 4.99 Å². The Morgan fingerprint density at radius 3 is 2.78 bits per heavy atom. The Labute approximate surface area is 107 Å². The fourth-order valence-corrected chi connectivity index (χ4v) is 2.57. The average molecular weight is 246 g/mol. The van der Waals surface area contributed by atoms with Gasteiger partial charge in [-0.3, -0.25) is 9.83 Å². The summed E-state index contributed by atoms with van der Waals surface area (Å²) >= 11 is 0. The zero-order valence-corrected chi connectivity index (χ0v) is 10.6. The van der Waals surface area contributed by atoms with E-state index in [9.17, 15) is 0 Å². The molecule has 3 rings (SSSR count). The molecule has 2 atom stereocenters. The zero-order chi connectivity index (χ0) is 12.4. The lowest BCUT2D eigenvalue weighted by atomic mass is 9.92. The highest BCUT2D eigenvalue weighted by molar-refractivity contribution is 5.98. The second-order valence-electron chi connectivity index (χ2n) is 4.82. The minimum Gasteiger partial charge on any atom is -0.497 e. The van der Waals surface area contributed by atoms with Crippen LogP contribution in [-0.4, -0.2) is 25.1 Å². The van der Waals surface area contributed by atoms with E-state index in [0.29, 0.717) is 6.04 Å². The summed E-state index contributed by atoms with van der Waals surface area (Å²) in [7, 11) is 1.67. The summed E-state index contributed by atoms with van der Waals surface area (Å²) in [6.45, 7) is 0. The fraction of sp³-hybridized carbons (Fsp3) is 0.500. The standard InChI is InChI=1S/C14H18N2O2/c1-17-11-8-6-10(7-9-11)14-15-12-4-2-3-5-13(12)18-16-14/h6-9,12-13H,2-5H2,1H3,(H,15,16)/t12-,13+/m1/s1. The number of hydrogen-bond donors (Lipinski definition) is 1. The first-order chi connectivity index (χ1) is 8.86. The maximum atomic E-state index is 5.69. The molecule has 4 heteroatoms. The third-order valence-corrected chi connectivity index (χ3v) is 3.63. The Hall–Kier alpha value is -1.55. The molecule has 1 aromatic carbocycles. The van der Waals surface area contributed by atoms with Gasteiger partial charge in [0.2, 0.25) is 0 Å². The van der Waals surface area contributed by atoms with Gasteiger partial charge in [0.25, 0.3) is 0 Å². The minimum atomic E-state index is 0.251. The Balaban J connectivity index is 1.80. The van der Waals surface area contributed by atoms with E-state index < -0.39 is 0 Å². The molecule has 0 saturated heterocycles. The SMILES string of the molecule is COc1ccc(C2=N[C@@H]3CCCC[C@@H]3ON2)cc1. The second kappa shape index (κ2) is 4.98. The number of hydrogen-bond acceptors (Lipinski definition) is 4. The van der Waals surface area contributed by atoms with Crippen molar-refractivity contribution in [1.82, 2.24) is 5.48 Å². The normalized spacial score (nSPS) is 26.8. The van der Waals surface area contributed by atoms with Gasteiger partial charge in [0, 0.05) is 5.56 Å². The van der Waals surface area contributed by atoms with Gasteiger partial charge >= 0.3 is 0 Å². The van der Waals surface area contributed by atoms with Crippen LogP contribution in [0.5, 0.6) is 5.75 Å². The van der Waals surface area contributed by atoms with Crippen molar-refractivity contribution in [1.29, 1.82) is 0 Å². The Morgan fingerprint density at radius 1 is 1.22 bits per heavy atom. The van der Waals surface area contributed by atoms with Crippen molar-refractivity contribution in [3.63, 3.8) is 0 Å². The average Bonchev–Trinajstić information content (AvgIpc) is 2.47. The number of rotatable bonds is 2. The van der Waals surface area contributed by atoms with E-state index in [1.165, 1.54) is 12.8 Å². The monoisotopic (exact) mass is 246 g/mol. The van der Waals surface area contributed by atoms with Crippen LogP contribution >= 0.6 is 0 Å².